The fraction of sp³-hybridized carbons (Fsp3) is 0.522. The molecule has 0 atom stereocenters. The lowest BCUT2D eigenvalue weighted by Gasteiger charge is -2.38. The number of carbonyl (C=O) groups is 3. The number of rotatable bonds is 9. The second kappa shape index (κ2) is 19.0. The number of aromatic hydroxyl groups is 2. The average molecular weight is 891 g/mol. The highest BCUT2D eigenvalue weighted by Gasteiger charge is 2.35. The first-order chi connectivity index (χ1) is 31.4. The molecule has 4 N–H and O–H groups in total. The Morgan fingerprint density at radius 2 is 1.40 bits per heavy atom. The summed E-state index contributed by atoms with van der Waals surface area (Å²) in [4.78, 5) is 75.0. The van der Waals surface area contributed by atoms with Gasteiger partial charge in [-0.15, -0.1) is 0 Å². The summed E-state index contributed by atoms with van der Waals surface area (Å²) in [6.45, 7) is 12.8. The molecule has 0 bridgehead atoms. The van der Waals surface area contributed by atoms with E-state index in [1.807, 2.05) is 18.7 Å². The molecule has 19 heteroatoms. The molecule has 3 saturated heterocycles. The van der Waals surface area contributed by atoms with Crippen LogP contribution in [0.15, 0.2) is 42.7 Å². The Morgan fingerprint density at radius 1 is 0.754 bits per heavy atom. The number of ether oxygens (including phenoxy) is 2. The largest absolute Gasteiger partial charge is 0.508 e. The summed E-state index contributed by atoms with van der Waals surface area (Å²) in [6.07, 6.45) is 5.39. The molecule has 9 rings (SSSR count). The van der Waals surface area contributed by atoms with E-state index < -0.39 is 0 Å². The van der Waals surface area contributed by atoms with Crippen LogP contribution in [0.5, 0.6) is 11.5 Å². The van der Waals surface area contributed by atoms with E-state index in [4.69, 9.17) is 30.2 Å². The highest BCUT2D eigenvalue weighted by Crippen LogP contribution is 2.35. The average Bonchev–Trinajstić information content (AvgIpc) is 3.76. The van der Waals surface area contributed by atoms with Crippen LogP contribution in [0.2, 0.25) is 0 Å². The van der Waals surface area contributed by atoms with Crippen LogP contribution in [0.4, 0.5) is 22.6 Å². The number of fused-ring (bicyclic) bond motifs is 1. The molecule has 2 aromatic carbocycles. The van der Waals surface area contributed by atoms with Gasteiger partial charge in [-0.3, -0.25) is 14.5 Å². The van der Waals surface area contributed by atoms with Crippen LogP contribution in [0.3, 0.4) is 0 Å². The predicted molar refractivity (Wildman–Crippen MR) is 240 cm³/mol. The Morgan fingerprint density at radius 3 is 2.08 bits per heavy atom. The number of hydrogen-bond acceptors (Lipinski definition) is 16. The molecular formula is C46H58N12O7. The van der Waals surface area contributed by atoms with Crippen molar-refractivity contribution in [3.05, 3.63) is 70.5 Å². The Bertz CT molecular complexity index is 2370. The molecule has 344 valence electrons. The Kier molecular flexibility index (Phi) is 12.8. The zero-order valence-corrected chi connectivity index (χ0v) is 37.1. The fourth-order valence-electron chi connectivity index (χ4n) is 9.45. The Balaban J connectivity index is 0.710. The van der Waals surface area contributed by atoms with Crippen molar-refractivity contribution in [3.8, 4) is 22.9 Å². The monoisotopic (exact) mass is 890 g/mol. The molecule has 4 aliphatic heterocycles. The second-order valence-electron chi connectivity index (χ2n) is 18.0. The van der Waals surface area contributed by atoms with Crippen molar-refractivity contribution in [2.45, 2.75) is 71.2 Å². The minimum atomic E-state index is -0.291. The lowest BCUT2D eigenvalue weighted by Crippen LogP contribution is -2.51. The summed E-state index contributed by atoms with van der Waals surface area (Å²) in [5.74, 6) is 1.29. The third-order valence-electron chi connectivity index (χ3n) is 13.3. The number of nitrogens with two attached hydrogens (primary N) is 1. The van der Waals surface area contributed by atoms with E-state index in [9.17, 15) is 24.6 Å². The van der Waals surface area contributed by atoms with Crippen LogP contribution in [-0.4, -0.2) is 157 Å². The van der Waals surface area contributed by atoms with Gasteiger partial charge in [0, 0.05) is 109 Å². The number of morpholine rings is 1. The lowest BCUT2D eigenvalue weighted by molar-refractivity contribution is -0.137. The smallest absolute Gasteiger partial charge is 0.410 e. The summed E-state index contributed by atoms with van der Waals surface area (Å²) >= 11 is 0. The van der Waals surface area contributed by atoms with Gasteiger partial charge in [0.2, 0.25) is 23.8 Å². The van der Waals surface area contributed by atoms with Crippen molar-refractivity contribution in [2.24, 2.45) is 5.92 Å². The summed E-state index contributed by atoms with van der Waals surface area (Å²) in [6, 6.07) is 9.16. The number of benzene rings is 2. The van der Waals surface area contributed by atoms with Crippen LogP contribution in [0.1, 0.15) is 78.1 Å². The van der Waals surface area contributed by atoms with Crippen molar-refractivity contribution in [2.75, 3.05) is 94.2 Å². The number of carbonyl (C=O) groups excluding carboxylic acids is 3. The number of anilines is 3. The van der Waals surface area contributed by atoms with E-state index in [1.165, 1.54) is 6.07 Å². The summed E-state index contributed by atoms with van der Waals surface area (Å²) in [5, 5.41) is 20.8. The number of nitrogen functional groups attached to an aromatic ring is 1. The number of phenolic OH excluding ortho intramolecular Hbond substituents is 2. The van der Waals surface area contributed by atoms with E-state index >= 15 is 0 Å². The normalized spacial score (nSPS) is 20.6. The van der Waals surface area contributed by atoms with Crippen molar-refractivity contribution >= 4 is 35.8 Å². The standard InChI is InChI=1S/C46H58N12O7/c1-29(2)36-22-37(39(60)23-38(36)59)42(62)58-27-32-4-3-30(21-33(32)28-58)26-53-9-11-57(12-10-53)46(63)65-35-7-5-31(6-8-35)41(61)54-13-15-55(16-14-54)44-50-40(34-24-48-43(47)49-25-34)51-45(52-44)56-17-19-64-20-18-56/h3-4,21-25,29,31,35,59-60H,5-20,26-28H2,1-2H3,(H2,47,48,49). The first kappa shape index (κ1) is 43.9. The Hall–Kier alpha value is -6.34. The topological polar surface area (TPSA) is 220 Å². The minimum Gasteiger partial charge on any atom is -0.508 e. The molecule has 2 aromatic heterocycles. The van der Waals surface area contributed by atoms with E-state index in [1.54, 1.807) is 28.3 Å². The molecule has 4 fully saturated rings. The quantitative estimate of drug-likeness (QED) is 0.219. The van der Waals surface area contributed by atoms with Gasteiger partial charge < -0.3 is 49.9 Å². The molecule has 0 spiro atoms. The molecule has 4 aromatic rings. The van der Waals surface area contributed by atoms with Gasteiger partial charge in [-0.05, 0) is 59.9 Å². The second-order valence-corrected chi connectivity index (χ2v) is 18.0. The van der Waals surface area contributed by atoms with Crippen LogP contribution in [0.25, 0.3) is 11.4 Å². The molecule has 1 aliphatic carbocycles. The van der Waals surface area contributed by atoms with Crippen molar-refractivity contribution < 1.29 is 34.1 Å². The summed E-state index contributed by atoms with van der Waals surface area (Å²) in [7, 11) is 0. The SMILES string of the molecule is CC(C)c1cc(C(=O)N2Cc3ccc(CN4CCN(C(=O)OC5CCC(C(=O)N6CCN(c7nc(-c8cnc(N)nc8)nc(N8CCOCC8)n7)CC6)CC5)CC4)cc3C2)c(O)cc1O. The number of amides is 3. The van der Waals surface area contributed by atoms with Gasteiger partial charge in [-0.25, -0.2) is 14.8 Å². The van der Waals surface area contributed by atoms with Crippen LogP contribution in [0, 0.1) is 5.92 Å². The molecule has 5 aliphatic rings. The van der Waals surface area contributed by atoms with E-state index in [2.05, 4.69) is 42.9 Å². The molecule has 1 saturated carbocycles. The number of hydrogen-bond donors (Lipinski definition) is 3. The number of aromatic nitrogens is 5. The minimum absolute atomic E-state index is 0.000462. The van der Waals surface area contributed by atoms with Crippen LogP contribution >= 0.6 is 0 Å². The number of piperazine rings is 2. The maximum absolute atomic E-state index is 13.7. The number of nitrogens with zero attached hydrogens (tertiary/aromatic N) is 11. The maximum Gasteiger partial charge on any atom is 0.410 e. The molecular weight excluding hydrogens is 833 g/mol. The van der Waals surface area contributed by atoms with Gasteiger partial charge in [-0.2, -0.15) is 15.0 Å². The van der Waals surface area contributed by atoms with Crippen molar-refractivity contribution in [3.63, 3.8) is 0 Å². The highest BCUT2D eigenvalue weighted by atomic mass is 16.6. The molecule has 6 heterocycles. The fourth-order valence-corrected chi connectivity index (χ4v) is 9.45. The molecule has 19 nitrogen and oxygen atoms in total. The van der Waals surface area contributed by atoms with Crippen molar-refractivity contribution in [1.82, 2.24) is 44.5 Å². The van der Waals surface area contributed by atoms with Gasteiger partial charge in [0.15, 0.2) is 5.82 Å². The molecule has 65 heavy (non-hydrogen) atoms. The zero-order valence-electron chi connectivity index (χ0n) is 37.1. The van der Waals surface area contributed by atoms with Gasteiger partial charge in [0.1, 0.15) is 17.6 Å². The van der Waals surface area contributed by atoms with Crippen molar-refractivity contribution in [1.29, 1.82) is 0 Å². The van der Waals surface area contributed by atoms with E-state index in [-0.39, 0.29) is 58.9 Å². The van der Waals surface area contributed by atoms with Gasteiger partial charge in [-0.1, -0.05) is 32.0 Å². The Labute approximate surface area is 378 Å². The molecule has 0 unspecified atom stereocenters. The highest BCUT2D eigenvalue weighted by molar-refractivity contribution is 5.97. The first-order valence-electron chi connectivity index (χ1n) is 22.8. The molecule has 3 amide bonds. The van der Waals surface area contributed by atoms with E-state index in [0.29, 0.717) is 146 Å². The van der Waals surface area contributed by atoms with Crippen LogP contribution in [-0.2, 0) is 33.9 Å². The zero-order chi connectivity index (χ0) is 45.2. The molecule has 0 radical (unpaired) electrons. The lowest BCUT2D eigenvalue weighted by atomic mass is 9.86. The summed E-state index contributed by atoms with van der Waals surface area (Å²) in [5.41, 5.74) is 10.5. The predicted octanol–water partition coefficient (Wildman–Crippen LogP) is 3.60. The van der Waals surface area contributed by atoms with Crippen LogP contribution < -0.4 is 15.5 Å². The van der Waals surface area contributed by atoms with Gasteiger partial charge in [0.25, 0.3) is 5.91 Å². The summed E-state index contributed by atoms with van der Waals surface area (Å²) < 4.78 is 11.5. The van der Waals surface area contributed by atoms with E-state index in [0.717, 1.165) is 23.2 Å². The maximum atomic E-state index is 13.7. The first-order valence-corrected chi connectivity index (χ1v) is 22.8. The third kappa shape index (κ3) is 9.85. The van der Waals surface area contributed by atoms with Gasteiger partial charge >= 0.3 is 6.09 Å². The third-order valence-corrected chi connectivity index (χ3v) is 13.3. The number of phenols is 2. The van der Waals surface area contributed by atoms with Gasteiger partial charge in [0.05, 0.1) is 24.3 Å².